The molecule has 0 aliphatic heterocycles. The normalized spacial score (nSPS) is 24.3. The van der Waals surface area contributed by atoms with E-state index in [9.17, 15) is 9.59 Å². The van der Waals surface area contributed by atoms with Gasteiger partial charge >= 0.3 is 5.97 Å². The summed E-state index contributed by atoms with van der Waals surface area (Å²) >= 11 is 0. The number of carbonyl (C=O) groups is 2. The van der Waals surface area contributed by atoms with Crippen molar-refractivity contribution in [2.75, 3.05) is 13.1 Å². The number of hydrogen-bond acceptors (Lipinski definition) is 3. The zero-order chi connectivity index (χ0) is 13.7. The molecule has 18 heavy (non-hydrogen) atoms. The van der Waals surface area contributed by atoms with Gasteiger partial charge in [-0.15, -0.1) is 0 Å². The van der Waals surface area contributed by atoms with E-state index in [0.29, 0.717) is 32.4 Å². The number of nitriles is 1. The largest absolute Gasteiger partial charge is 0.481 e. The summed E-state index contributed by atoms with van der Waals surface area (Å²) in [6.45, 7) is 4.66. The molecule has 3 atom stereocenters. The Morgan fingerprint density at radius 3 is 2.50 bits per heavy atom. The third kappa shape index (κ3) is 3.46. The highest BCUT2D eigenvalue weighted by Crippen LogP contribution is 2.32. The number of hydrogen-bond donors (Lipinski definition) is 1. The van der Waals surface area contributed by atoms with Gasteiger partial charge in [-0.3, -0.25) is 9.59 Å². The van der Waals surface area contributed by atoms with E-state index in [1.165, 1.54) is 0 Å². The Morgan fingerprint density at radius 2 is 2.06 bits per heavy atom. The predicted octanol–water partition coefficient (Wildman–Crippen LogP) is 1.50. The first-order valence-corrected chi connectivity index (χ1v) is 6.40. The lowest BCUT2D eigenvalue weighted by atomic mass is 10.0. The third-order valence-corrected chi connectivity index (χ3v) is 3.54. The lowest BCUT2D eigenvalue weighted by Gasteiger charge is -2.25. The van der Waals surface area contributed by atoms with E-state index in [4.69, 9.17) is 10.4 Å². The van der Waals surface area contributed by atoms with Crippen molar-refractivity contribution in [3.05, 3.63) is 0 Å². The van der Waals surface area contributed by atoms with Gasteiger partial charge in [0.1, 0.15) is 0 Å². The number of carboxylic acid groups (broad SMARTS) is 1. The van der Waals surface area contributed by atoms with Crippen LogP contribution in [0.25, 0.3) is 0 Å². The maximum Gasteiger partial charge on any atom is 0.306 e. The molecule has 0 heterocycles. The number of aliphatic carboxylic acids is 1. The van der Waals surface area contributed by atoms with Crippen LogP contribution in [0, 0.1) is 29.1 Å². The van der Waals surface area contributed by atoms with Crippen LogP contribution in [-0.4, -0.2) is 35.0 Å². The van der Waals surface area contributed by atoms with Crippen molar-refractivity contribution in [2.24, 2.45) is 17.8 Å². The molecule has 0 spiro atoms. The fraction of sp³-hybridized carbons (Fsp3) is 0.769. The van der Waals surface area contributed by atoms with E-state index in [0.717, 1.165) is 0 Å². The molecule has 1 amide bonds. The van der Waals surface area contributed by atoms with E-state index in [1.807, 2.05) is 6.92 Å². The van der Waals surface area contributed by atoms with Crippen molar-refractivity contribution in [2.45, 2.75) is 33.1 Å². The predicted molar refractivity (Wildman–Crippen MR) is 65.5 cm³/mol. The Hall–Kier alpha value is -1.57. The molecular weight excluding hydrogens is 232 g/mol. The monoisotopic (exact) mass is 252 g/mol. The first-order chi connectivity index (χ1) is 8.49. The first kappa shape index (κ1) is 14.5. The number of carboxylic acids is 1. The molecule has 0 radical (unpaired) electrons. The SMILES string of the molecule is CCN(CC(C)C#N)C(=O)C1CCC(C(=O)O)C1. The summed E-state index contributed by atoms with van der Waals surface area (Å²) in [6.07, 6.45) is 1.66. The Balaban J connectivity index is 2.58. The molecular formula is C13H20N2O3. The standard InChI is InChI=1S/C13H20N2O3/c1-3-15(8-9(2)7-14)12(16)10-4-5-11(6-10)13(17)18/h9-11H,3-6,8H2,1-2H3,(H,17,18). The van der Waals surface area contributed by atoms with E-state index >= 15 is 0 Å². The van der Waals surface area contributed by atoms with Gasteiger partial charge in [0.2, 0.25) is 5.91 Å². The van der Waals surface area contributed by atoms with Crippen LogP contribution in [0.2, 0.25) is 0 Å². The molecule has 1 N–H and O–H groups in total. The van der Waals surface area contributed by atoms with Gasteiger partial charge < -0.3 is 10.0 Å². The number of carbonyl (C=O) groups excluding carboxylic acids is 1. The summed E-state index contributed by atoms with van der Waals surface area (Å²) in [6, 6.07) is 2.11. The smallest absolute Gasteiger partial charge is 0.306 e. The fourth-order valence-corrected chi connectivity index (χ4v) is 2.43. The Bertz CT molecular complexity index is 362. The zero-order valence-electron chi connectivity index (χ0n) is 10.9. The molecule has 5 heteroatoms. The van der Waals surface area contributed by atoms with Gasteiger partial charge in [0.15, 0.2) is 0 Å². The summed E-state index contributed by atoms with van der Waals surface area (Å²) in [7, 11) is 0. The lowest BCUT2D eigenvalue weighted by molar-refractivity contribution is -0.141. The minimum atomic E-state index is -0.807. The average molecular weight is 252 g/mol. The van der Waals surface area contributed by atoms with Gasteiger partial charge in [-0.1, -0.05) is 0 Å². The lowest BCUT2D eigenvalue weighted by Crippen LogP contribution is -2.38. The van der Waals surface area contributed by atoms with Gasteiger partial charge in [0.05, 0.1) is 17.9 Å². The van der Waals surface area contributed by atoms with Crippen molar-refractivity contribution >= 4 is 11.9 Å². The molecule has 0 bridgehead atoms. The molecule has 0 aromatic rings. The Kier molecular flexibility index (Phi) is 5.14. The van der Waals surface area contributed by atoms with Gasteiger partial charge in [-0.2, -0.15) is 5.26 Å². The van der Waals surface area contributed by atoms with Gasteiger partial charge in [0, 0.05) is 19.0 Å². The molecule has 0 saturated heterocycles. The minimum absolute atomic E-state index is 0.00310. The number of amides is 1. The summed E-state index contributed by atoms with van der Waals surface area (Å²) in [5.74, 6) is -1.56. The summed E-state index contributed by atoms with van der Waals surface area (Å²) in [5, 5.41) is 17.7. The van der Waals surface area contributed by atoms with E-state index in [-0.39, 0.29) is 23.7 Å². The maximum absolute atomic E-state index is 12.2. The quantitative estimate of drug-likeness (QED) is 0.803. The fourth-order valence-electron chi connectivity index (χ4n) is 2.43. The van der Waals surface area contributed by atoms with E-state index in [2.05, 4.69) is 6.07 Å². The van der Waals surface area contributed by atoms with Crippen LogP contribution in [0.4, 0.5) is 0 Å². The summed E-state index contributed by atoms with van der Waals surface area (Å²) in [4.78, 5) is 24.8. The van der Waals surface area contributed by atoms with E-state index in [1.54, 1.807) is 11.8 Å². The summed E-state index contributed by atoms with van der Waals surface area (Å²) in [5.41, 5.74) is 0. The highest BCUT2D eigenvalue weighted by molar-refractivity contribution is 5.81. The van der Waals surface area contributed by atoms with Crippen LogP contribution >= 0.6 is 0 Å². The summed E-state index contributed by atoms with van der Waals surface area (Å²) < 4.78 is 0. The highest BCUT2D eigenvalue weighted by Gasteiger charge is 2.35. The molecule has 1 rings (SSSR count). The molecule has 1 fully saturated rings. The van der Waals surface area contributed by atoms with Crippen molar-refractivity contribution in [3.63, 3.8) is 0 Å². The highest BCUT2D eigenvalue weighted by atomic mass is 16.4. The van der Waals surface area contributed by atoms with Crippen LogP contribution < -0.4 is 0 Å². The second kappa shape index (κ2) is 6.39. The molecule has 1 saturated carbocycles. The Labute approximate surface area is 107 Å². The number of rotatable bonds is 5. The third-order valence-electron chi connectivity index (χ3n) is 3.54. The molecule has 5 nitrogen and oxygen atoms in total. The minimum Gasteiger partial charge on any atom is -0.481 e. The van der Waals surface area contributed by atoms with Gasteiger partial charge in [0.25, 0.3) is 0 Å². The van der Waals surface area contributed by atoms with Gasteiger partial charge in [-0.25, -0.2) is 0 Å². The maximum atomic E-state index is 12.2. The molecule has 3 unspecified atom stereocenters. The molecule has 0 aromatic carbocycles. The van der Waals surface area contributed by atoms with Crippen molar-refractivity contribution in [3.8, 4) is 6.07 Å². The molecule has 100 valence electrons. The van der Waals surface area contributed by atoms with Crippen molar-refractivity contribution in [1.29, 1.82) is 5.26 Å². The van der Waals surface area contributed by atoms with E-state index < -0.39 is 5.97 Å². The zero-order valence-corrected chi connectivity index (χ0v) is 10.9. The average Bonchev–Trinajstić information content (AvgIpc) is 2.84. The number of nitrogens with zero attached hydrogens (tertiary/aromatic N) is 2. The molecule has 0 aromatic heterocycles. The van der Waals surface area contributed by atoms with Gasteiger partial charge in [-0.05, 0) is 33.1 Å². The van der Waals surface area contributed by atoms with Crippen LogP contribution in [0.3, 0.4) is 0 Å². The van der Waals surface area contributed by atoms with Crippen LogP contribution in [0.5, 0.6) is 0 Å². The van der Waals surface area contributed by atoms with Crippen molar-refractivity contribution < 1.29 is 14.7 Å². The van der Waals surface area contributed by atoms with Crippen LogP contribution in [0.15, 0.2) is 0 Å². The first-order valence-electron chi connectivity index (χ1n) is 6.40. The Morgan fingerprint density at radius 1 is 1.44 bits per heavy atom. The van der Waals surface area contributed by atoms with Crippen LogP contribution in [0.1, 0.15) is 33.1 Å². The second-order valence-corrected chi connectivity index (χ2v) is 4.95. The van der Waals surface area contributed by atoms with Crippen LogP contribution in [-0.2, 0) is 9.59 Å². The topological polar surface area (TPSA) is 81.4 Å². The molecule has 1 aliphatic carbocycles. The molecule has 1 aliphatic rings. The van der Waals surface area contributed by atoms with Crippen molar-refractivity contribution in [1.82, 2.24) is 4.90 Å². The second-order valence-electron chi connectivity index (χ2n) is 4.95.